The van der Waals surface area contributed by atoms with Crippen LogP contribution in [-0.2, 0) is 14.3 Å². The minimum absolute atomic E-state index is 0.135. The van der Waals surface area contributed by atoms with Crippen LogP contribution >= 0.6 is 0 Å². The number of carbonyl (C=O) groups excluding carboxylic acids is 2. The Morgan fingerprint density at radius 3 is 2.50 bits per heavy atom. The standard InChI is InChI=1S/C16H24N2O4/c1-11(10-17)14(21-12(2)19)13-8-6-7-9-18(13)15(20)22-16(3,4)5/h13-14H,1,6-9H2,2-5H3. The zero-order valence-electron chi connectivity index (χ0n) is 13.7. The van der Waals surface area contributed by atoms with E-state index in [-0.39, 0.29) is 5.57 Å². The van der Waals surface area contributed by atoms with Gasteiger partial charge >= 0.3 is 12.1 Å². The molecule has 0 radical (unpaired) electrons. The molecule has 22 heavy (non-hydrogen) atoms. The zero-order chi connectivity index (χ0) is 16.9. The van der Waals surface area contributed by atoms with E-state index in [1.54, 1.807) is 25.7 Å². The second-order valence-corrected chi connectivity index (χ2v) is 6.40. The summed E-state index contributed by atoms with van der Waals surface area (Å²) >= 11 is 0. The summed E-state index contributed by atoms with van der Waals surface area (Å²) in [6.45, 7) is 10.8. The number of nitriles is 1. The van der Waals surface area contributed by atoms with Crippen molar-refractivity contribution in [1.29, 1.82) is 5.26 Å². The number of rotatable bonds is 3. The average molecular weight is 308 g/mol. The minimum atomic E-state index is -0.824. The normalized spacial score (nSPS) is 19.8. The van der Waals surface area contributed by atoms with E-state index in [0.29, 0.717) is 13.0 Å². The predicted molar refractivity (Wildman–Crippen MR) is 80.9 cm³/mol. The van der Waals surface area contributed by atoms with E-state index in [0.717, 1.165) is 12.8 Å². The highest BCUT2D eigenvalue weighted by Crippen LogP contribution is 2.26. The third-order valence-corrected chi connectivity index (χ3v) is 3.31. The van der Waals surface area contributed by atoms with Gasteiger partial charge in [0.15, 0.2) is 6.10 Å². The minimum Gasteiger partial charge on any atom is -0.455 e. The van der Waals surface area contributed by atoms with Crippen LogP contribution in [0.2, 0.25) is 0 Å². The molecule has 0 aromatic heterocycles. The van der Waals surface area contributed by atoms with E-state index in [4.69, 9.17) is 14.7 Å². The van der Waals surface area contributed by atoms with Crippen LogP contribution in [0.1, 0.15) is 47.0 Å². The molecular formula is C16H24N2O4. The Morgan fingerprint density at radius 2 is 2.00 bits per heavy atom. The van der Waals surface area contributed by atoms with Gasteiger partial charge in [0.1, 0.15) is 5.60 Å². The Kier molecular flexibility index (Phi) is 5.98. The number of esters is 1. The molecule has 1 amide bonds. The van der Waals surface area contributed by atoms with Gasteiger partial charge in [0.2, 0.25) is 0 Å². The van der Waals surface area contributed by atoms with Crippen LogP contribution in [0.5, 0.6) is 0 Å². The van der Waals surface area contributed by atoms with Gasteiger partial charge < -0.3 is 14.4 Å². The van der Waals surface area contributed by atoms with Crippen LogP contribution in [-0.4, -0.2) is 41.3 Å². The molecule has 0 bridgehead atoms. The van der Waals surface area contributed by atoms with E-state index < -0.39 is 29.8 Å². The zero-order valence-corrected chi connectivity index (χ0v) is 13.7. The summed E-state index contributed by atoms with van der Waals surface area (Å²) in [5.41, 5.74) is -0.474. The molecule has 1 rings (SSSR count). The fraction of sp³-hybridized carbons (Fsp3) is 0.688. The Morgan fingerprint density at radius 1 is 1.36 bits per heavy atom. The van der Waals surface area contributed by atoms with Crippen LogP contribution in [0.15, 0.2) is 12.2 Å². The van der Waals surface area contributed by atoms with Crippen molar-refractivity contribution in [2.75, 3.05) is 6.54 Å². The Balaban J connectivity index is 2.99. The van der Waals surface area contributed by atoms with E-state index in [1.165, 1.54) is 6.92 Å². The van der Waals surface area contributed by atoms with Gasteiger partial charge in [-0.15, -0.1) is 0 Å². The van der Waals surface area contributed by atoms with Crippen molar-refractivity contribution in [3.05, 3.63) is 12.2 Å². The number of hydrogen-bond donors (Lipinski definition) is 0. The van der Waals surface area contributed by atoms with Gasteiger partial charge in [-0.3, -0.25) is 4.79 Å². The molecule has 6 heteroatoms. The maximum atomic E-state index is 12.4. The molecule has 1 aliphatic heterocycles. The Labute approximate surface area is 131 Å². The fourth-order valence-electron chi connectivity index (χ4n) is 2.44. The first-order valence-corrected chi connectivity index (χ1v) is 7.41. The number of ether oxygens (including phenoxy) is 2. The monoisotopic (exact) mass is 308 g/mol. The Hall–Kier alpha value is -2.03. The van der Waals surface area contributed by atoms with Crippen molar-refractivity contribution >= 4 is 12.1 Å². The average Bonchev–Trinajstić information content (AvgIpc) is 2.42. The van der Waals surface area contributed by atoms with Gasteiger partial charge in [0.05, 0.1) is 17.7 Å². The molecule has 6 nitrogen and oxygen atoms in total. The van der Waals surface area contributed by atoms with Crippen LogP contribution in [0, 0.1) is 11.3 Å². The van der Waals surface area contributed by atoms with E-state index in [2.05, 4.69) is 6.58 Å². The van der Waals surface area contributed by atoms with Gasteiger partial charge in [-0.2, -0.15) is 5.26 Å². The summed E-state index contributed by atoms with van der Waals surface area (Å²) in [6.07, 6.45) is 1.09. The number of nitrogens with zero attached hydrogens (tertiary/aromatic N) is 2. The number of piperidine rings is 1. The highest BCUT2D eigenvalue weighted by Gasteiger charge is 2.38. The second kappa shape index (κ2) is 7.30. The van der Waals surface area contributed by atoms with Crippen molar-refractivity contribution in [1.82, 2.24) is 4.90 Å². The molecule has 1 heterocycles. The van der Waals surface area contributed by atoms with Gasteiger partial charge in [-0.05, 0) is 40.0 Å². The molecule has 2 unspecified atom stereocenters. The van der Waals surface area contributed by atoms with Crippen LogP contribution in [0.4, 0.5) is 4.79 Å². The molecule has 122 valence electrons. The van der Waals surface area contributed by atoms with Crippen molar-refractivity contribution in [2.24, 2.45) is 0 Å². The van der Waals surface area contributed by atoms with Gasteiger partial charge in [0, 0.05) is 13.5 Å². The summed E-state index contributed by atoms with van der Waals surface area (Å²) in [5.74, 6) is -0.504. The SMILES string of the molecule is C=C(C#N)C(OC(C)=O)C1CCCCN1C(=O)OC(C)(C)C. The van der Waals surface area contributed by atoms with Crippen molar-refractivity contribution < 1.29 is 19.1 Å². The molecule has 0 spiro atoms. The summed E-state index contributed by atoms with van der Waals surface area (Å²) < 4.78 is 10.7. The second-order valence-electron chi connectivity index (χ2n) is 6.40. The van der Waals surface area contributed by atoms with Crippen molar-refractivity contribution in [3.63, 3.8) is 0 Å². The number of carbonyl (C=O) groups is 2. The summed E-state index contributed by atoms with van der Waals surface area (Å²) in [4.78, 5) is 25.2. The summed E-state index contributed by atoms with van der Waals surface area (Å²) in [7, 11) is 0. The van der Waals surface area contributed by atoms with E-state index >= 15 is 0 Å². The first kappa shape index (κ1) is 18.0. The molecular weight excluding hydrogens is 284 g/mol. The topological polar surface area (TPSA) is 79.6 Å². The highest BCUT2D eigenvalue weighted by molar-refractivity contribution is 5.70. The number of amides is 1. The molecule has 1 fully saturated rings. The van der Waals surface area contributed by atoms with E-state index in [1.807, 2.05) is 6.07 Å². The number of hydrogen-bond acceptors (Lipinski definition) is 5. The lowest BCUT2D eigenvalue weighted by Gasteiger charge is -2.39. The molecule has 0 aliphatic carbocycles. The van der Waals surface area contributed by atoms with Crippen molar-refractivity contribution in [3.8, 4) is 6.07 Å². The van der Waals surface area contributed by atoms with Crippen LogP contribution < -0.4 is 0 Å². The maximum absolute atomic E-state index is 12.4. The maximum Gasteiger partial charge on any atom is 0.410 e. The molecule has 1 aliphatic rings. The fourth-order valence-corrected chi connectivity index (χ4v) is 2.44. The first-order chi connectivity index (χ1) is 10.2. The molecule has 0 aromatic carbocycles. The lowest BCUT2D eigenvalue weighted by molar-refractivity contribution is -0.148. The third kappa shape index (κ3) is 5.06. The lowest BCUT2D eigenvalue weighted by Crippen LogP contribution is -2.52. The van der Waals surface area contributed by atoms with Crippen LogP contribution in [0.3, 0.4) is 0 Å². The van der Waals surface area contributed by atoms with E-state index in [9.17, 15) is 9.59 Å². The quantitative estimate of drug-likeness (QED) is 0.591. The van der Waals surface area contributed by atoms with Crippen molar-refractivity contribution in [2.45, 2.75) is 64.7 Å². The molecule has 1 saturated heterocycles. The first-order valence-electron chi connectivity index (χ1n) is 7.41. The molecule has 0 N–H and O–H groups in total. The van der Waals surface area contributed by atoms with Gasteiger partial charge in [-0.25, -0.2) is 4.79 Å². The Bertz CT molecular complexity index is 487. The lowest BCUT2D eigenvalue weighted by atomic mass is 9.94. The molecule has 2 atom stereocenters. The summed E-state index contributed by atoms with van der Waals surface area (Å²) in [6, 6.07) is 1.51. The van der Waals surface area contributed by atoms with Crippen LogP contribution in [0.25, 0.3) is 0 Å². The smallest absolute Gasteiger partial charge is 0.410 e. The number of likely N-dealkylation sites (tertiary alicyclic amines) is 1. The molecule has 0 aromatic rings. The summed E-state index contributed by atoms with van der Waals surface area (Å²) in [5, 5.41) is 9.08. The van der Waals surface area contributed by atoms with Gasteiger partial charge in [0.25, 0.3) is 0 Å². The predicted octanol–water partition coefficient (Wildman–Crippen LogP) is 2.79. The largest absolute Gasteiger partial charge is 0.455 e. The third-order valence-electron chi connectivity index (χ3n) is 3.31. The highest BCUT2D eigenvalue weighted by atomic mass is 16.6. The van der Waals surface area contributed by atoms with Gasteiger partial charge in [-0.1, -0.05) is 6.58 Å². The molecule has 0 saturated carbocycles.